The van der Waals surface area contributed by atoms with Crippen molar-refractivity contribution in [2.75, 3.05) is 7.11 Å². The molecule has 0 saturated heterocycles. The van der Waals surface area contributed by atoms with Crippen LogP contribution in [-0.4, -0.2) is 28.1 Å². The maximum absolute atomic E-state index is 10.8. The largest absolute Gasteiger partial charge is 0.507 e. The number of oxime groups is 1. The van der Waals surface area contributed by atoms with Crippen LogP contribution in [0.25, 0.3) is 0 Å². The molecule has 0 aliphatic heterocycles. The van der Waals surface area contributed by atoms with Gasteiger partial charge in [-0.05, 0) is 29.0 Å². The quantitative estimate of drug-likeness (QED) is 0.657. The van der Waals surface area contributed by atoms with E-state index in [-0.39, 0.29) is 10.8 Å². The molecule has 0 spiro atoms. The van der Waals surface area contributed by atoms with Gasteiger partial charge < -0.3 is 9.94 Å². The highest BCUT2D eigenvalue weighted by atomic mass is 16.6. The van der Waals surface area contributed by atoms with E-state index >= 15 is 0 Å². The molecule has 0 aliphatic carbocycles. The van der Waals surface area contributed by atoms with Crippen LogP contribution in [0, 0.1) is 0 Å². The van der Waals surface area contributed by atoms with Crippen molar-refractivity contribution in [2.45, 2.75) is 52.4 Å². The smallest absolute Gasteiger partial charge is 0.137 e. The maximum atomic E-state index is 10.8. The molecule has 1 heterocycles. The lowest BCUT2D eigenvalue weighted by Gasteiger charge is -2.28. The lowest BCUT2D eigenvalue weighted by Crippen LogP contribution is -2.19. The third-order valence-electron chi connectivity index (χ3n) is 3.93. The number of aromatic hydroxyl groups is 1. The van der Waals surface area contributed by atoms with Gasteiger partial charge in [0.2, 0.25) is 0 Å². The Balaban J connectivity index is 2.77. The second kappa shape index (κ2) is 6.30. The molecule has 0 unspecified atom stereocenters. The summed E-state index contributed by atoms with van der Waals surface area (Å²) in [6.45, 7) is 12.5. The number of hydrogen-bond donors (Lipinski definition) is 2. The molecule has 24 heavy (non-hydrogen) atoms. The summed E-state index contributed by atoms with van der Waals surface area (Å²) in [5, 5.41) is 22.0. The zero-order valence-electron chi connectivity index (χ0n) is 15.6. The number of aromatic amines is 1. The number of aromatic nitrogens is 2. The van der Waals surface area contributed by atoms with E-state index in [1.165, 1.54) is 7.11 Å². The van der Waals surface area contributed by atoms with Crippen LogP contribution >= 0.6 is 0 Å². The zero-order valence-corrected chi connectivity index (χ0v) is 15.6. The first-order valence-corrected chi connectivity index (χ1v) is 8.05. The van der Waals surface area contributed by atoms with Crippen LogP contribution in [0.1, 0.15) is 63.9 Å². The number of benzene rings is 1. The number of nitrogens with zero attached hydrogens (tertiary/aromatic N) is 2. The van der Waals surface area contributed by atoms with Crippen molar-refractivity contribution < 1.29 is 9.94 Å². The molecule has 5 nitrogen and oxygen atoms in total. The van der Waals surface area contributed by atoms with Gasteiger partial charge in [-0.1, -0.05) is 46.7 Å². The van der Waals surface area contributed by atoms with E-state index in [1.807, 2.05) is 18.2 Å². The van der Waals surface area contributed by atoms with Crippen LogP contribution in [0.3, 0.4) is 0 Å². The van der Waals surface area contributed by atoms with Gasteiger partial charge >= 0.3 is 0 Å². The summed E-state index contributed by atoms with van der Waals surface area (Å²) < 4.78 is 0. The first-order valence-electron chi connectivity index (χ1n) is 8.05. The summed E-state index contributed by atoms with van der Waals surface area (Å²) >= 11 is 0. The Labute approximate surface area is 143 Å². The first kappa shape index (κ1) is 18.0. The number of phenols is 1. The second-order valence-corrected chi connectivity index (χ2v) is 8.00. The Morgan fingerprint density at radius 2 is 1.62 bits per heavy atom. The topological polar surface area (TPSA) is 70.5 Å². The molecule has 0 fully saturated rings. The summed E-state index contributed by atoms with van der Waals surface area (Å²) in [6.07, 6.45) is 1.75. The Hall–Kier alpha value is -2.30. The van der Waals surface area contributed by atoms with Crippen LogP contribution in [0.5, 0.6) is 5.75 Å². The van der Waals surface area contributed by atoms with E-state index in [4.69, 9.17) is 4.84 Å². The van der Waals surface area contributed by atoms with Gasteiger partial charge in [0.25, 0.3) is 0 Å². The van der Waals surface area contributed by atoms with Gasteiger partial charge in [0.05, 0.1) is 0 Å². The molecular formula is C19H27N3O2. The van der Waals surface area contributed by atoms with Gasteiger partial charge in [-0.3, -0.25) is 5.10 Å². The molecule has 2 N–H and O–H groups in total. The molecule has 0 bridgehead atoms. The standard InChI is InChI=1S/C19H27N3O2/c1-18(2,3)13-10-12(11-14(17(13)23)19(4,5)6)16(22-24-7)15-8-9-20-21-15/h8-11,23H,1-7H3,(H,20,21)/b22-16-. The summed E-state index contributed by atoms with van der Waals surface area (Å²) in [7, 11) is 1.52. The average molecular weight is 329 g/mol. The molecule has 2 aromatic rings. The predicted octanol–water partition coefficient (Wildman–Crippen LogP) is 4.11. The van der Waals surface area contributed by atoms with Gasteiger partial charge in [0.1, 0.15) is 24.3 Å². The molecule has 0 aliphatic rings. The van der Waals surface area contributed by atoms with Gasteiger partial charge in [0, 0.05) is 22.9 Å². The number of hydrogen-bond acceptors (Lipinski definition) is 4. The van der Waals surface area contributed by atoms with E-state index in [0.29, 0.717) is 17.2 Å². The summed E-state index contributed by atoms with van der Waals surface area (Å²) in [5.41, 5.74) is 3.55. The minimum absolute atomic E-state index is 0.205. The lowest BCUT2D eigenvalue weighted by atomic mass is 9.78. The van der Waals surface area contributed by atoms with Crippen molar-refractivity contribution in [3.05, 3.63) is 46.8 Å². The molecule has 0 saturated carbocycles. The number of rotatable bonds is 3. The molecule has 130 valence electrons. The van der Waals surface area contributed by atoms with Crippen LogP contribution in [0.4, 0.5) is 0 Å². The molecule has 1 aromatic carbocycles. The van der Waals surface area contributed by atoms with E-state index < -0.39 is 0 Å². The molecule has 0 atom stereocenters. The third-order valence-corrected chi connectivity index (χ3v) is 3.93. The summed E-state index contributed by atoms with van der Waals surface area (Å²) in [6, 6.07) is 5.78. The number of H-pyrrole nitrogens is 1. The molecule has 5 heteroatoms. The highest BCUT2D eigenvalue weighted by Gasteiger charge is 2.28. The van der Waals surface area contributed by atoms with Crippen LogP contribution < -0.4 is 0 Å². The third kappa shape index (κ3) is 3.61. The molecular weight excluding hydrogens is 302 g/mol. The Bertz CT molecular complexity index is 698. The predicted molar refractivity (Wildman–Crippen MR) is 96.7 cm³/mol. The van der Waals surface area contributed by atoms with E-state index in [2.05, 4.69) is 56.9 Å². The van der Waals surface area contributed by atoms with Crippen LogP contribution in [0.2, 0.25) is 0 Å². The van der Waals surface area contributed by atoms with Gasteiger partial charge in [-0.25, -0.2) is 0 Å². The fourth-order valence-electron chi connectivity index (χ4n) is 2.65. The Kier molecular flexibility index (Phi) is 4.74. The average Bonchev–Trinajstić information content (AvgIpc) is 2.96. The Morgan fingerprint density at radius 1 is 1.08 bits per heavy atom. The minimum Gasteiger partial charge on any atom is -0.507 e. The van der Waals surface area contributed by atoms with Crippen molar-refractivity contribution in [1.82, 2.24) is 10.2 Å². The second-order valence-electron chi connectivity index (χ2n) is 8.00. The highest BCUT2D eigenvalue weighted by Crippen LogP contribution is 2.40. The van der Waals surface area contributed by atoms with E-state index in [0.717, 1.165) is 16.7 Å². The summed E-state index contributed by atoms with van der Waals surface area (Å²) in [4.78, 5) is 5.03. The van der Waals surface area contributed by atoms with Crippen molar-refractivity contribution in [2.24, 2.45) is 5.16 Å². The van der Waals surface area contributed by atoms with Crippen molar-refractivity contribution in [1.29, 1.82) is 0 Å². The monoisotopic (exact) mass is 329 g/mol. The normalized spacial score (nSPS) is 13.2. The fraction of sp³-hybridized carbons (Fsp3) is 0.474. The van der Waals surface area contributed by atoms with Crippen LogP contribution in [-0.2, 0) is 15.7 Å². The van der Waals surface area contributed by atoms with Crippen LogP contribution in [0.15, 0.2) is 29.6 Å². The number of nitrogens with one attached hydrogen (secondary N) is 1. The maximum Gasteiger partial charge on any atom is 0.137 e. The number of phenolic OH excluding ortho intramolecular Hbond substituents is 1. The van der Waals surface area contributed by atoms with Crippen molar-refractivity contribution in [3.63, 3.8) is 0 Å². The van der Waals surface area contributed by atoms with Crippen molar-refractivity contribution >= 4 is 5.71 Å². The fourth-order valence-corrected chi connectivity index (χ4v) is 2.65. The van der Waals surface area contributed by atoms with Gasteiger partial charge in [0.15, 0.2) is 0 Å². The molecule has 0 amide bonds. The van der Waals surface area contributed by atoms with Crippen molar-refractivity contribution in [3.8, 4) is 5.75 Å². The van der Waals surface area contributed by atoms with Gasteiger partial charge in [-0.15, -0.1) is 0 Å². The highest BCUT2D eigenvalue weighted by molar-refractivity contribution is 6.11. The molecule has 0 radical (unpaired) electrons. The molecule has 1 aromatic heterocycles. The minimum atomic E-state index is -0.205. The summed E-state index contributed by atoms with van der Waals surface area (Å²) in [5.74, 6) is 0.345. The molecule has 2 rings (SSSR count). The Morgan fingerprint density at radius 3 is 2.00 bits per heavy atom. The SMILES string of the molecule is CO/N=C(/c1cc(C(C)(C)C)c(O)c(C(C)(C)C)c1)c1cc[nH]n1. The first-order chi connectivity index (χ1) is 11.1. The van der Waals surface area contributed by atoms with E-state index in [9.17, 15) is 5.11 Å². The zero-order chi connectivity index (χ0) is 18.1. The lowest BCUT2D eigenvalue weighted by molar-refractivity contribution is 0.214. The van der Waals surface area contributed by atoms with Gasteiger partial charge in [-0.2, -0.15) is 5.10 Å². The van der Waals surface area contributed by atoms with E-state index in [1.54, 1.807) is 6.20 Å².